The molecule has 0 aliphatic carbocycles. The molecule has 0 saturated carbocycles. The third-order valence-electron chi connectivity index (χ3n) is 5.76. The van der Waals surface area contributed by atoms with E-state index in [1.165, 1.54) is 74.1 Å². The van der Waals surface area contributed by atoms with Crippen LogP contribution in [0.1, 0.15) is 62.6 Å². The van der Waals surface area contributed by atoms with E-state index >= 15 is 0 Å². The zero-order valence-corrected chi connectivity index (χ0v) is 19.9. The Morgan fingerprint density at radius 1 is 0.793 bits per heavy atom. The summed E-state index contributed by atoms with van der Waals surface area (Å²) in [5.74, 6) is 1.33. The summed E-state index contributed by atoms with van der Waals surface area (Å²) in [6, 6.07) is 19.5. The molecule has 0 amide bonds. The number of rotatable bonds is 13. The molecule has 0 bridgehead atoms. The lowest BCUT2D eigenvalue weighted by molar-refractivity contribution is 0.434. The molecule has 0 spiro atoms. The second-order valence-corrected chi connectivity index (χ2v) is 12.3. The molecule has 0 radical (unpaired) electrons. The fraction of sp³-hybridized carbons (Fsp3) is 0.481. The van der Waals surface area contributed by atoms with Crippen molar-refractivity contribution in [3.05, 3.63) is 77.9 Å². The summed E-state index contributed by atoms with van der Waals surface area (Å²) >= 11 is 0. The van der Waals surface area contributed by atoms with Crippen molar-refractivity contribution in [2.45, 2.75) is 52.4 Å². The van der Waals surface area contributed by atoms with Gasteiger partial charge >= 0.3 is 0 Å². The zero-order valence-electron chi connectivity index (χ0n) is 19.1. The third-order valence-corrected chi connectivity index (χ3v) is 8.81. The van der Waals surface area contributed by atoms with Gasteiger partial charge in [-0.25, -0.2) is 0 Å². The fourth-order valence-corrected chi connectivity index (χ4v) is 6.07. The van der Waals surface area contributed by atoms with E-state index in [2.05, 4.69) is 91.8 Å². The van der Waals surface area contributed by atoms with Crippen LogP contribution in [0, 0.1) is 0 Å². The van der Waals surface area contributed by atoms with Crippen molar-refractivity contribution in [3.63, 3.8) is 0 Å². The Kier molecular flexibility index (Phi) is 10.0. The molecule has 2 heteroatoms. The molecule has 29 heavy (non-hydrogen) atoms. The lowest BCUT2D eigenvalue weighted by Gasteiger charge is -2.44. The second kappa shape index (κ2) is 12.2. The molecule has 0 aliphatic rings. The van der Waals surface area contributed by atoms with E-state index in [-0.39, 0.29) is 0 Å². The van der Waals surface area contributed by atoms with Crippen LogP contribution in [0.5, 0.6) is 0 Å². The van der Waals surface area contributed by atoms with Crippen molar-refractivity contribution in [2.75, 3.05) is 31.4 Å². The van der Waals surface area contributed by atoms with Crippen LogP contribution >= 0.6 is 10.2 Å². The van der Waals surface area contributed by atoms with Gasteiger partial charge in [0.1, 0.15) is 0 Å². The quantitative estimate of drug-likeness (QED) is 0.328. The first-order chi connectivity index (χ1) is 14.0. The molecule has 160 valence electrons. The van der Waals surface area contributed by atoms with Crippen LogP contribution in [0.2, 0.25) is 0 Å². The highest BCUT2D eigenvalue weighted by Gasteiger charge is 2.20. The number of nitrogens with zero attached hydrogens (tertiary/aromatic N) is 1. The van der Waals surface area contributed by atoms with Crippen molar-refractivity contribution in [1.29, 1.82) is 0 Å². The molecule has 0 saturated heterocycles. The molecule has 0 atom stereocenters. The van der Waals surface area contributed by atoms with E-state index in [1.807, 2.05) is 0 Å². The Bertz CT molecular complexity index is 710. The Balaban J connectivity index is 1.89. The highest BCUT2D eigenvalue weighted by atomic mass is 32.3. The SMILES string of the molecule is C=C(c1ccccc1)c1ccc(CCCS(C)(C)N(CCCC)CCCC)cc1. The average molecular weight is 412 g/mol. The first-order valence-corrected chi connectivity index (χ1v) is 13.8. The number of aryl methyl sites for hydroxylation is 1. The number of hydrogen-bond acceptors (Lipinski definition) is 1. The predicted molar refractivity (Wildman–Crippen MR) is 135 cm³/mol. The van der Waals surface area contributed by atoms with Gasteiger partial charge in [0.15, 0.2) is 0 Å². The lowest BCUT2D eigenvalue weighted by atomic mass is 9.98. The van der Waals surface area contributed by atoms with Crippen LogP contribution < -0.4 is 0 Å². The fourth-order valence-electron chi connectivity index (χ4n) is 3.71. The predicted octanol–water partition coefficient (Wildman–Crippen LogP) is 7.56. The van der Waals surface area contributed by atoms with Gasteiger partial charge in [0, 0.05) is 13.1 Å². The maximum atomic E-state index is 4.29. The van der Waals surface area contributed by atoms with Gasteiger partial charge in [0.05, 0.1) is 0 Å². The van der Waals surface area contributed by atoms with E-state index in [4.69, 9.17) is 0 Å². The molecule has 0 aromatic heterocycles. The van der Waals surface area contributed by atoms with Gasteiger partial charge in [-0.2, -0.15) is 10.2 Å². The van der Waals surface area contributed by atoms with Crippen molar-refractivity contribution in [2.24, 2.45) is 0 Å². The summed E-state index contributed by atoms with van der Waals surface area (Å²) in [5.41, 5.74) is 4.96. The van der Waals surface area contributed by atoms with E-state index in [1.54, 1.807) is 0 Å². The first kappa shape index (κ1) is 23.8. The van der Waals surface area contributed by atoms with Crippen molar-refractivity contribution in [1.82, 2.24) is 4.31 Å². The molecule has 1 nitrogen and oxygen atoms in total. The molecule has 0 fully saturated rings. The molecular formula is C27H41NS. The maximum absolute atomic E-state index is 4.29. The summed E-state index contributed by atoms with van der Waals surface area (Å²) in [7, 11) is -0.675. The van der Waals surface area contributed by atoms with Crippen LogP contribution in [-0.4, -0.2) is 35.7 Å². The van der Waals surface area contributed by atoms with Gasteiger partial charge in [-0.3, -0.25) is 4.31 Å². The Morgan fingerprint density at radius 3 is 1.90 bits per heavy atom. The second-order valence-electron chi connectivity index (χ2n) is 8.47. The first-order valence-electron chi connectivity index (χ1n) is 11.3. The highest BCUT2D eigenvalue weighted by Crippen LogP contribution is 2.45. The minimum absolute atomic E-state index is 0.675. The summed E-state index contributed by atoms with van der Waals surface area (Å²) < 4.78 is 2.81. The lowest BCUT2D eigenvalue weighted by Crippen LogP contribution is -2.31. The van der Waals surface area contributed by atoms with E-state index in [0.717, 1.165) is 5.57 Å². The summed E-state index contributed by atoms with van der Waals surface area (Å²) in [4.78, 5) is 0. The van der Waals surface area contributed by atoms with Crippen LogP contribution in [0.15, 0.2) is 61.2 Å². The van der Waals surface area contributed by atoms with Gasteiger partial charge in [0.25, 0.3) is 0 Å². The monoisotopic (exact) mass is 411 g/mol. The van der Waals surface area contributed by atoms with Gasteiger partial charge in [-0.05, 0) is 66.2 Å². The van der Waals surface area contributed by atoms with Gasteiger partial charge in [0.2, 0.25) is 0 Å². The molecule has 2 aromatic rings. The van der Waals surface area contributed by atoms with Crippen molar-refractivity contribution in [3.8, 4) is 0 Å². The smallest absolute Gasteiger partial charge is 0.00738 e. The van der Waals surface area contributed by atoms with E-state index in [0.29, 0.717) is 0 Å². The molecule has 0 N–H and O–H groups in total. The minimum atomic E-state index is -0.675. The summed E-state index contributed by atoms with van der Waals surface area (Å²) in [6.07, 6.45) is 12.7. The van der Waals surface area contributed by atoms with Gasteiger partial charge in [-0.1, -0.05) is 87.9 Å². The number of benzene rings is 2. The largest absolute Gasteiger partial charge is 0.268 e. The maximum Gasteiger partial charge on any atom is 0.00738 e. The van der Waals surface area contributed by atoms with Crippen LogP contribution in [0.3, 0.4) is 0 Å². The van der Waals surface area contributed by atoms with Gasteiger partial charge < -0.3 is 0 Å². The van der Waals surface area contributed by atoms with E-state index in [9.17, 15) is 0 Å². The number of unbranched alkanes of at least 4 members (excludes halogenated alkanes) is 2. The number of hydrogen-bond donors (Lipinski definition) is 0. The van der Waals surface area contributed by atoms with Crippen molar-refractivity contribution < 1.29 is 0 Å². The molecule has 2 aromatic carbocycles. The minimum Gasteiger partial charge on any atom is -0.268 e. The van der Waals surface area contributed by atoms with Crippen LogP contribution in [0.4, 0.5) is 0 Å². The normalized spacial score (nSPS) is 12.3. The molecule has 0 heterocycles. The Labute approximate surface area is 181 Å². The molecule has 2 rings (SSSR count). The topological polar surface area (TPSA) is 3.24 Å². The molecular weight excluding hydrogens is 370 g/mol. The zero-order chi connectivity index (χ0) is 21.1. The Hall–Kier alpha value is -1.51. The highest BCUT2D eigenvalue weighted by molar-refractivity contribution is 8.30. The third kappa shape index (κ3) is 7.68. The van der Waals surface area contributed by atoms with Crippen LogP contribution in [0.25, 0.3) is 5.57 Å². The standard InChI is InChI=1S/C27H41NS/c1-6-8-21-28(22-9-7-2)29(4,5)23-13-14-25-17-19-27(20-18-25)24(3)26-15-11-10-12-16-26/h10-12,15-20H,3,6-9,13-14,21-23H2,1-2,4-5H3. The van der Waals surface area contributed by atoms with Crippen molar-refractivity contribution >= 4 is 15.8 Å². The summed E-state index contributed by atoms with van der Waals surface area (Å²) in [6.45, 7) is 11.4. The van der Waals surface area contributed by atoms with Crippen LogP contribution in [-0.2, 0) is 6.42 Å². The average Bonchev–Trinajstić information content (AvgIpc) is 2.74. The van der Waals surface area contributed by atoms with Gasteiger partial charge in [-0.15, -0.1) is 0 Å². The Morgan fingerprint density at radius 2 is 1.34 bits per heavy atom. The summed E-state index contributed by atoms with van der Waals surface area (Å²) in [5, 5.41) is 0. The molecule has 0 unspecified atom stereocenters. The molecule has 0 aliphatic heterocycles. The van der Waals surface area contributed by atoms with E-state index < -0.39 is 10.2 Å².